The van der Waals surface area contributed by atoms with Crippen LogP contribution in [-0.4, -0.2) is 72.5 Å². The average molecular weight is 556 g/mol. The first kappa shape index (κ1) is 31.4. The molecule has 0 atom stereocenters. The SMILES string of the molecule is CCCCCOCCOCCO.CCCOCCOc1ncc(-c2ccc3c4cnccc4n(C)c3c2)cc1F. The number of nitrogens with zero attached hydrogens (tertiary/aromatic N) is 3. The number of unbranched alkanes of at least 4 members (excludes halogenated alkanes) is 2. The molecule has 0 bridgehead atoms. The molecule has 1 aromatic carbocycles. The predicted molar refractivity (Wildman–Crippen MR) is 156 cm³/mol. The lowest BCUT2D eigenvalue weighted by molar-refractivity contribution is 0.0321. The molecule has 0 aliphatic carbocycles. The fraction of sp³-hybridized carbons (Fsp3) is 0.484. The lowest BCUT2D eigenvalue weighted by Gasteiger charge is -2.08. The van der Waals surface area contributed by atoms with E-state index in [1.807, 2.05) is 44.4 Å². The van der Waals surface area contributed by atoms with E-state index in [0.29, 0.717) is 38.6 Å². The Balaban J connectivity index is 0.000000312. The minimum Gasteiger partial charge on any atom is -0.473 e. The number of hydrogen-bond donors (Lipinski definition) is 1. The van der Waals surface area contributed by atoms with E-state index in [0.717, 1.165) is 46.8 Å². The van der Waals surface area contributed by atoms with Crippen LogP contribution in [0.5, 0.6) is 5.88 Å². The lowest BCUT2D eigenvalue weighted by Crippen LogP contribution is -2.09. The smallest absolute Gasteiger partial charge is 0.250 e. The first-order valence-corrected chi connectivity index (χ1v) is 14.1. The highest BCUT2D eigenvalue weighted by molar-refractivity contribution is 6.08. The van der Waals surface area contributed by atoms with Crippen molar-refractivity contribution < 1.29 is 28.4 Å². The molecule has 0 saturated heterocycles. The van der Waals surface area contributed by atoms with Crippen molar-refractivity contribution in [3.05, 3.63) is 54.7 Å². The second-order valence-corrected chi connectivity index (χ2v) is 9.31. The van der Waals surface area contributed by atoms with Crippen molar-refractivity contribution in [2.24, 2.45) is 7.05 Å². The molecule has 1 N–H and O–H groups in total. The van der Waals surface area contributed by atoms with Gasteiger partial charge in [-0.2, -0.15) is 0 Å². The van der Waals surface area contributed by atoms with E-state index >= 15 is 0 Å². The molecule has 0 spiro atoms. The number of hydrogen-bond acceptors (Lipinski definition) is 7. The van der Waals surface area contributed by atoms with Gasteiger partial charge < -0.3 is 28.6 Å². The molecule has 0 aliphatic heterocycles. The topological polar surface area (TPSA) is 87.9 Å². The predicted octanol–water partition coefficient (Wildman–Crippen LogP) is 5.94. The maximum atomic E-state index is 14.4. The van der Waals surface area contributed by atoms with Crippen LogP contribution >= 0.6 is 0 Å². The molecule has 0 radical (unpaired) electrons. The van der Waals surface area contributed by atoms with E-state index in [1.54, 1.807) is 12.4 Å². The van der Waals surface area contributed by atoms with Crippen molar-refractivity contribution in [2.75, 3.05) is 52.9 Å². The normalized spacial score (nSPS) is 11.1. The molecule has 9 heteroatoms. The summed E-state index contributed by atoms with van der Waals surface area (Å²) in [5, 5.41) is 10.6. The maximum absolute atomic E-state index is 14.4. The van der Waals surface area contributed by atoms with E-state index in [-0.39, 0.29) is 19.1 Å². The molecule has 0 unspecified atom stereocenters. The summed E-state index contributed by atoms with van der Waals surface area (Å²) in [6.07, 6.45) is 9.83. The van der Waals surface area contributed by atoms with Crippen LogP contribution in [0, 0.1) is 5.82 Å². The van der Waals surface area contributed by atoms with E-state index in [1.165, 1.54) is 18.9 Å². The Hall–Kier alpha value is -3.11. The van der Waals surface area contributed by atoms with Gasteiger partial charge >= 0.3 is 0 Å². The van der Waals surface area contributed by atoms with Gasteiger partial charge in [-0.1, -0.05) is 38.8 Å². The number of benzene rings is 1. The number of aryl methyl sites for hydroxylation is 1. The monoisotopic (exact) mass is 555 g/mol. The van der Waals surface area contributed by atoms with Crippen LogP contribution in [0.15, 0.2) is 48.9 Å². The fourth-order valence-electron chi connectivity index (χ4n) is 4.21. The number of fused-ring (bicyclic) bond motifs is 3. The van der Waals surface area contributed by atoms with Crippen molar-refractivity contribution in [2.45, 2.75) is 39.5 Å². The van der Waals surface area contributed by atoms with Crippen molar-refractivity contribution in [3.8, 4) is 17.0 Å². The average Bonchev–Trinajstić information content (AvgIpc) is 3.26. The highest BCUT2D eigenvalue weighted by atomic mass is 19.1. The van der Waals surface area contributed by atoms with Crippen molar-refractivity contribution in [1.29, 1.82) is 0 Å². The van der Waals surface area contributed by atoms with Gasteiger partial charge in [-0.25, -0.2) is 9.37 Å². The fourth-order valence-corrected chi connectivity index (χ4v) is 4.21. The molecule has 0 saturated carbocycles. The van der Waals surface area contributed by atoms with Gasteiger partial charge in [0.25, 0.3) is 0 Å². The van der Waals surface area contributed by atoms with E-state index < -0.39 is 5.82 Å². The molecule has 8 nitrogen and oxygen atoms in total. The van der Waals surface area contributed by atoms with Gasteiger partial charge in [-0.05, 0) is 36.6 Å². The first-order valence-electron chi connectivity index (χ1n) is 14.1. The van der Waals surface area contributed by atoms with Crippen LogP contribution in [-0.2, 0) is 21.3 Å². The minimum absolute atomic E-state index is 0.000561. The molecule has 40 heavy (non-hydrogen) atoms. The highest BCUT2D eigenvalue weighted by Crippen LogP contribution is 2.32. The van der Waals surface area contributed by atoms with Gasteiger partial charge in [0.05, 0.1) is 38.6 Å². The van der Waals surface area contributed by atoms with Crippen molar-refractivity contribution >= 4 is 21.8 Å². The van der Waals surface area contributed by atoms with Gasteiger partial charge in [0, 0.05) is 60.7 Å². The quantitative estimate of drug-likeness (QED) is 0.171. The number of ether oxygens (including phenoxy) is 4. The summed E-state index contributed by atoms with van der Waals surface area (Å²) in [5.74, 6) is -0.477. The molecule has 0 aliphatic rings. The summed E-state index contributed by atoms with van der Waals surface area (Å²) in [6, 6.07) is 9.52. The van der Waals surface area contributed by atoms with Gasteiger partial charge in [0.2, 0.25) is 5.88 Å². The Bertz CT molecular complexity index is 1290. The Morgan fingerprint density at radius 1 is 0.775 bits per heavy atom. The van der Waals surface area contributed by atoms with Gasteiger partial charge in [0.1, 0.15) is 6.61 Å². The second-order valence-electron chi connectivity index (χ2n) is 9.31. The second kappa shape index (κ2) is 17.6. The molecule has 3 heterocycles. The zero-order chi connectivity index (χ0) is 28.6. The third-order valence-corrected chi connectivity index (χ3v) is 6.26. The molecule has 0 fully saturated rings. The molecular formula is C31H42FN3O5. The Morgan fingerprint density at radius 3 is 2.30 bits per heavy atom. The molecule has 3 aromatic heterocycles. The summed E-state index contributed by atoms with van der Waals surface area (Å²) in [4.78, 5) is 8.37. The van der Waals surface area contributed by atoms with Crippen molar-refractivity contribution in [3.63, 3.8) is 0 Å². The molecule has 4 aromatic rings. The largest absolute Gasteiger partial charge is 0.473 e. The third kappa shape index (κ3) is 9.23. The summed E-state index contributed by atoms with van der Waals surface area (Å²) in [6.45, 7) is 8.14. The number of halogens is 1. The summed E-state index contributed by atoms with van der Waals surface area (Å²) in [7, 11) is 2.02. The summed E-state index contributed by atoms with van der Waals surface area (Å²) < 4.78 is 37.6. The molecule has 4 rings (SSSR count). The van der Waals surface area contributed by atoms with Gasteiger partial charge in [-0.3, -0.25) is 4.98 Å². The Morgan fingerprint density at radius 2 is 1.55 bits per heavy atom. The molecular weight excluding hydrogens is 513 g/mol. The van der Waals surface area contributed by atoms with Crippen LogP contribution < -0.4 is 4.74 Å². The maximum Gasteiger partial charge on any atom is 0.250 e. The molecule has 218 valence electrons. The van der Waals surface area contributed by atoms with Gasteiger partial charge in [0.15, 0.2) is 5.82 Å². The van der Waals surface area contributed by atoms with Crippen molar-refractivity contribution in [1.82, 2.24) is 14.5 Å². The van der Waals surface area contributed by atoms with Gasteiger partial charge in [-0.15, -0.1) is 0 Å². The summed E-state index contributed by atoms with van der Waals surface area (Å²) >= 11 is 0. The van der Waals surface area contributed by atoms with Crippen LogP contribution in [0.25, 0.3) is 32.9 Å². The standard InChI is InChI=1S/C22H22FN3O2.C9H20O3/c1-3-8-27-9-10-28-22-19(23)11-16(13-25-22)15-4-5-17-18-14-24-7-6-20(18)26(2)21(17)12-15;1-2-3-4-6-11-8-9-12-7-5-10/h4-7,11-14H,3,8-10H2,1-2H3;10H,2-9H2,1H3. The summed E-state index contributed by atoms with van der Waals surface area (Å²) in [5.41, 5.74) is 3.78. The lowest BCUT2D eigenvalue weighted by atomic mass is 10.1. The van der Waals surface area contributed by atoms with E-state index in [9.17, 15) is 4.39 Å². The van der Waals surface area contributed by atoms with Crippen LogP contribution in [0.4, 0.5) is 4.39 Å². The Kier molecular flexibility index (Phi) is 13.8. The number of aromatic nitrogens is 3. The number of aliphatic hydroxyl groups is 1. The molecule has 0 amide bonds. The van der Waals surface area contributed by atoms with Crippen LogP contribution in [0.1, 0.15) is 39.5 Å². The number of pyridine rings is 2. The highest BCUT2D eigenvalue weighted by Gasteiger charge is 2.12. The van der Waals surface area contributed by atoms with Crippen LogP contribution in [0.2, 0.25) is 0 Å². The number of rotatable bonds is 16. The number of aliphatic hydroxyl groups excluding tert-OH is 1. The Labute approximate surface area is 236 Å². The minimum atomic E-state index is -0.477. The van der Waals surface area contributed by atoms with Crippen LogP contribution in [0.3, 0.4) is 0 Å². The third-order valence-electron chi connectivity index (χ3n) is 6.26. The zero-order valence-electron chi connectivity index (χ0n) is 23.9. The van der Waals surface area contributed by atoms with E-state index in [2.05, 4.69) is 21.5 Å². The zero-order valence-corrected chi connectivity index (χ0v) is 23.9. The van der Waals surface area contributed by atoms with E-state index in [4.69, 9.17) is 24.1 Å². The first-order chi connectivity index (χ1) is 19.6.